The third-order valence-electron chi connectivity index (χ3n) is 5.45. The molecule has 168 valence electrons. The van der Waals surface area contributed by atoms with Crippen LogP contribution < -0.4 is 9.64 Å². The van der Waals surface area contributed by atoms with E-state index in [4.69, 9.17) is 9.84 Å². The van der Waals surface area contributed by atoms with Crippen molar-refractivity contribution in [2.45, 2.75) is 25.8 Å². The highest BCUT2D eigenvalue weighted by Gasteiger charge is 2.33. The first-order chi connectivity index (χ1) is 15.6. The Bertz CT molecular complexity index is 1060. The molecule has 7 heteroatoms. The monoisotopic (exact) mass is 453 g/mol. The van der Waals surface area contributed by atoms with Gasteiger partial charge in [0.2, 0.25) is 5.91 Å². The summed E-state index contributed by atoms with van der Waals surface area (Å²) in [5, 5.41) is 16.9. The molecule has 0 radical (unpaired) electrons. The third-order valence-corrected chi connectivity index (χ3v) is 6.61. The summed E-state index contributed by atoms with van der Waals surface area (Å²) in [4.78, 5) is 28.0. The third kappa shape index (κ3) is 5.18. The average Bonchev–Trinajstić information content (AvgIpc) is 3.24. The van der Waals surface area contributed by atoms with E-state index in [-0.39, 0.29) is 16.7 Å². The SMILES string of the molecule is CO.COc1cccc(CN(C(=O)C2CCC2)c2cc(-c3ccccc3)sc2C(=O)O)c1. The number of carboxylic acid groups (broad SMARTS) is 1. The van der Waals surface area contributed by atoms with Gasteiger partial charge in [-0.15, -0.1) is 11.3 Å². The first kappa shape index (κ1) is 23.5. The second-order valence-corrected chi connectivity index (χ2v) is 8.45. The van der Waals surface area contributed by atoms with Gasteiger partial charge in [0.25, 0.3) is 0 Å². The van der Waals surface area contributed by atoms with Gasteiger partial charge < -0.3 is 19.8 Å². The van der Waals surface area contributed by atoms with Gasteiger partial charge in [-0.2, -0.15) is 0 Å². The summed E-state index contributed by atoms with van der Waals surface area (Å²) in [6.07, 6.45) is 2.74. The van der Waals surface area contributed by atoms with E-state index in [9.17, 15) is 14.7 Å². The Kier molecular flexibility index (Phi) is 8.03. The van der Waals surface area contributed by atoms with Crippen molar-refractivity contribution in [2.75, 3.05) is 19.1 Å². The van der Waals surface area contributed by atoms with Crippen molar-refractivity contribution in [3.63, 3.8) is 0 Å². The van der Waals surface area contributed by atoms with Crippen LogP contribution in [0.25, 0.3) is 10.4 Å². The molecule has 3 aromatic rings. The molecule has 2 aromatic carbocycles. The van der Waals surface area contributed by atoms with Crippen molar-refractivity contribution in [1.82, 2.24) is 0 Å². The van der Waals surface area contributed by atoms with Crippen molar-refractivity contribution in [1.29, 1.82) is 0 Å². The van der Waals surface area contributed by atoms with E-state index in [1.807, 2.05) is 60.7 Å². The van der Waals surface area contributed by atoms with Gasteiger partial charge in [0.1, 0.15) is 10.6 Å². The number of aromatic carboxylic acids is 1. The number of carbonyl (C=O) groups excluding carboxylic acids is 1. The minimum atomic E-state index is -1.02. The standard InChI is InChI=1S/C24H23NO4S.CH4O/c1-29-19-12-5-7-16(13-19)15-25(23(26)18-10-6-11-18)20-14-21(30-22(20)24(27)28)17-8-3-2-4-9-17;1-2/h2-5,7-9,12-14,18H,6,10-11,15H2,1H3,(H,27,28);2H,1H3. The number of thiophene rings is 1. The second kappa shape index (κ2) is 10.9. The van der Waals surface area contributed by atoms with Gasteiger partial charge in [-0.1, -0.05) is 48.9 Å². The maximum absolute atomic E-state index is 13.3. The minimum absolute atomic E-state index is 0.0102. The largest absolute Gasteiger partial charge is 0.497 e. The molecule has 0 bridgehead atoms. The van der Waals surface area contributed by atoms with Crippen LogP contribution >= 0.6 is 11.3 Å². The normalized spacial score (nSPS) is 12.8. The fraction of sp³-hybridized carbons (Fsp3) is 0.280. The van der Waals surface area contributed by atoms with Crippen LogP contribution in [0.4, 0.5) is 5.69 Å². The van der Waals surface area contributed by atoms with E-state index < -0.39 is 5.97 Å². The number of aliphatic hydroxyl groups is 1. The van der Waals surface area contributed by atoms with Gasteiger partial charge in [-0.25, -0.2) is 4.79 Å². The lowest BCUT2D eigenvalue weighted by Gasteiger charge is -2.31. The predicted molar refractivity (Wildman–Crippen MR) is 126 cm³/mol. The van der Waals surface area contributed by atoms with Gasteiger partial charge >= 0.3 is 5.97 Å². The Hall–Kier alpha value is -3.16. The number of hydrogen-bond acceptors (Lipinski definition) is 5. The highest BCUT2D eigenvalue weighted by molar-refractivity contribution is 7.18. The molecule has 0 atom stereocenters. The van der Waals surface area contributed by atoms with Crippen molar-refractivity contribution < 1.29 is 24.5 Å². The molecule has 32 heavy (non-hydrogen) atoms. The van der Waals surface area contributed by atoms with Crippen LogP contribution in [0.2, 0.25) is 0 Å². The molecule has 1 amide bonds. The number of nitrogens with zero attached hydrogens (tertiary/aromatic N) is 1. The number of carbonyl (C=O) groups is 2. The number of ether oxygens (including phenoxy) is 1. The zero-order valence-electron chi connectivity index (χ0n) is 18.2. The molecular formula is C25H27NO5S. The lowest BCUT2D eigenvalue weighted by Crippen LogP contribution is -2.39. The lowest BCUT2D eigenvalue weighted by atomic mass is 9.84. The Morgan fingerprint density at radius 2 is 1.78 bits per heavy atom. The van der Waals surface area contributed by atoms with E-state index in [0.29, 0.717) is 18.0 Å². The molecule has 1 aliphatic carbocycles. The fourth-order valence-electron chi connectivity index (χ4n) is 3.59. The first-order valence-electron chi connectivity index (χ1n) is 10.4. The summed E-state index contributed by atoms with van der Waals surface area (Å²) in [6, 6.07) is 19.0. The summed E-state index contributed by atoms with van der Waals surface area (Å²) in [7, 11) is 2.60. The van der Waals surface area contributed by atoms with E-state index in [0.717, 1.165) is 42.4 Å². The van der Waals surface area contributed by atoms with E-state index in [2.05, 4.69) is 0 Å². The van der Waals surface area contributed by atoms with Crippen molar-refractivity contribution in [3.05, 3.63) is 71.1 Å². The summed E-state index contributed by atoms with van der Waals surface area (Å²) in [5.74, 6) is -0.368. The Morgan fingerprint density at radius 1 is 1.06 bits per heavy atom. The van der Waals surface area contributed by atoms with Gasteiger partial charge in [-0.05, 0) is 42.2 Å². The van der Waals surface area contributed by atoms with E-state index in [1.54, 1.807) is 12.0 Å². The number of benzene rings is 2. The van der Waals surface area contributed by atoms with Crippen molar-refractivity contribution in [2.24, 2.45) is 5.92 Å². The molecule has 1 aliphatic rings. The van der Waals surface area contributed by atoms with Crippen LogP contribution in [0.15, 0.2) is 60.7 Å². The van der Waals surface area contributed by atoms with Gasteiger partial charge in [0, 0.05) is 17.9 Å². The van der Waals surface area contributed by atoms with E-state index in [1.165, 1.54) is 11.3 Å². The van der Waals surface area contributed by atoms with Gasteiger partial charge in [0.15, 0.2) is 0 Å². The molecule has 0 saturated heterocycles. The Morgan fingerprint density at radius 3 is 2.38 bits per heavy atom. The molecule has 0 spiro atoms. The molecule has 1 aromatic heterocycles. The highest BCUT2D eigenvalue weighted by Crippen LogP contribution is 2.40. The van der Waals surface area contributed by atoms with Crippen LogP contribution in [0, 0.1) is 5.92 Å². The maximum atomic E-state index is 13.3. The molecule has 6 nitrogen and oxygen atoms in total. The smallest absolute Gasteiger partial charge is 0.348 e. The van der Waals surface area contributed by atoms with Crippen LogP contribution in [0.1, 0.15) is 34.5 Å². The van der Waals surface area contributed by atoms with Gasteiger partial charge in [0.05, 0.1) is 19.3 Å². The van der Waals surface area contributed by atoms with Crippen LogP contribution in [0.3, 0.4) is 0 Å². The number of rotatable bonds is 7. The molecule has 0 unspecified atom stereocenters. The summed E-state index contributed by atoms with van der Waals surface area (Å²) >= 11 is 1.20. The summed E-state index contributed by atoms with van der Waals surface area (Å²) < 4.78 is 5.31. The molecule has 1 heterocycles. The average molecular weight is 454 g/mol. The number of methoxy groups -OCH3 is 1. The predicted octanol–water partition coefficient (Wildman–Crippen LogP) is 5.06. The second-order valence-electron chi connectivity index (χ2n) is 7.40. The van der Waals surface area contributed by atoms with Crippen molar-refractivity contribution in [3.8, 4) is 16.2 Å². The quantitative estimate of drug-likeness (QED) is 0.522. The maximum Gasteiger partial charge on any atom is 0.348 e. The summed E-state index contributed by atoms with van der Waals surface area (Å²) in [6.45, 7) is 0.303. The first-order valence-corrected chi connectivity index (χ1v) is 11.2. The van der Waals surface area contributed by atoms with Crippen LogP contribution in [-0.2, 0) is 11.3 Å². The zero-order chi connectivity index (χ0) is 23.1. The number of carboxylic acids is 1. The Labute approximate surface area is 191 Å². The molecule has 1 saturated carbocycles. The number of aliphatic hydroxyl groups excluding tert-OH is 1. The molecular weight excluding hydrogens is 426 g/mol. The number of anilines is 1. The zero-order valence-corrected chi connectivity index (χ0v) is 19.0. The minimum Gasteiger partial charge on any atom is -0.497 e. The Balaban J connectivity index is 0.00000141. The van der Waals surface area contributed by atoms with Crippen molar-refractivity contribution >= 4 is 28.9 Å². The summed E-state index contributed by atoms with van der Waals surface area (Å²) in [5.41, 5.74) is 2.30. The molecule has 0 aliphatic heterocycles. The molecule has 2 N–H and O–H groups in total. The molecule has 1 fully saturated rings. The van der Waals surface area contributed by atoms with E-state index >= 15 is 0 Å². The van der Waals surface area contributed by atoms with Crippen LogP contribution in [0.5, 0.6) is 5.75 Å². The molecule has 4 rings (SSSR count). The topological polar surface area (TPSA) is 87.1 Å². The number of amides is 1. The highest BCUT2D eigenvalue weighted by atomic mass is 32.1. The van der Waals surface area contributed by atoms with Crippen LogP contribution in [-0.4, -0.2) is 36.3 Å². The fourth-order valence-corrected chi connectivity index (χ4v) is 4.60. The lowest BCUT2D eigenvalue weighted by molar-refractivity contribution is -0.124. The number of hydrogen-bond donors (Lipinski definition) is 2. The van der Waals surface area contributed by atoms with Gasteiger partial charge in [-0.3, -0.25) is 4.79 Å².